The zero-order valence-electron chi connectivity index (χ0n) is 9.45. The van der Waals surface area contributed by atoms with Crippen LogP contribution in [0.5, 0.6) is 0 Å². The van der Waals surface area contributed by atoms with Gasteiger partial charge in [-0.15, -0.1) is 0 Å². The first-order chi connectivity index (χ1) is 7.14. The molecule has 0 amide bonds. The van der Waals surface area contributed by atoms with Crippen molar-refractivity contribution in [3.8, 4) is 0 Å². The number of hydrogen-bond donors (Lipinski definition) is 0. The maximum atomic E-state index is 10.8. The molecule has 88 valence electrons. The topological polar surface area (TPSA) is 54.0 Å². The Labute approximate surface area is 91.5 Å². The fraction of sp³-hybridized carbons (Fsp3) is 0.667. The molecule has 0 spiro atoms. The Morgan fingerprint density at radius 1 is 1.13 bits per heavy atom. The van der Waals surface area contributed by atoms with Crippen LogP contribution in [-0.2, 0) is 22.5 Å². The van der Waals surface area contributed by atoms with E-state index in [-0.39, 0.29) is 0 Å². The highest BCUT2D eigenvalue weighted by molar-refractivity contribution is 6.55. The summed E-state index contributed by atoms with van der Waals surface area (Å²) in [6.07, 6.45) is 5.51. The van der Waals surface area contributed by atoms with Gasteiger partial charge in [0.05, 0.1) is 0 Å². The van der Waals surface area contributed by atoms with Gasteiger partial charge < -0.3 is 17.7 Å². The van der Waals surface area contributed by atoms with E-state index in [9.17, 15) is 4.79 Å². The maximum absolute atomic E-state index is 10.8. The molecule has 0 aromatic carbocycles. The van der Waals surface area contributed by atoms with E-state index in [4.69, 9.17) is 17.7 Å². The van der Waals surface area contributed by atoms with Crippen LogP contribution in [-0.4, -0.2) is 36.3 Å². The van der Waals surface area contributed by atoms with Crippen LogP contribution < -0.4 is 0 Å². The van der Waals surface area contributed by atoms with E-state index in [2.05, 4.69) is 6.58 Å². The predicted molar refractivity (Wildman–Crippen MR) is 56.9 cm³/mol. The highest BCUT2D eigenvalue weighted by Crippen LogP contribution is 2.14. The van der Waals surface area contributed by atoms with E-state index >= 15 is 0 Å². The third-order valence-corrected chi connectivity index (χ3v) is 3.45. The van der Waals surface area contributed by atoms with Crippen molar-refractivity contribution in [3.05, 3.63) is 12.7 Å². The molecule has 1 rings (SSSR count). The van der Waals surface area contributed by atoms with Crippen LogP contribution in [0.2, 0.25) is 0 Å². The quantitative estimate of drug-likeness (QED) is 0.529. The minimum absolute atomic E-state index is 0.632. The van der Waals surface area contributed by atoms with E-state index in [0.717, 1.165) is 6.08 Å². The van der Waals surface area contributed by atoms with Crippen LogP contribution in [0.1, 0.15) is 19.3 Å². The second kappa shape index (κ2) is 7.58. The average molecular weight is 234 g/mol. The van der Waals surface area contributed by atoms with Gasteiger partial charge in [-0.05, 0) is 0 Å². The lowest BCUT2D eigenvalue weighted by atomic mass is 10.7. The first-order valence-electron chi connectivity index (χ1n) is 4.65. The van der Waals surface area contributed by atoms with Crippen LogP contribution in [0.3, 0.4) is 0 Å². The summed E-state index contributed by atoms with van der Waals surface area (Å²) in [5.74, 6) is -0.632. The fourth-order valence-corrected chi connectivity index (χ4v) is 1.62. The Balaban J connectivity index is 0.000000548. The number of carbonyl (C=O) groups is 1. The Morgan fingerprint density at radius 3 is 1.73 bits per heavy atom. The van der Waals surface area contributed by atoms with Crippen molar-refractivity contribution >= 4 is 15.0 Å². The number of hydrogen-bond acceptors (Lipinski definition) is 5. The van der Waals surface area contributed by atoms with E-state index in [1.54, 1.807) is 0 Å². The zero-order chi connectivity index (χ0) is 11.7. The summed E-state index contributed by atoms with van der Waals surface area (Å²) in [4.78, 5) is 10.8. The first kappa shape index (κ1) is 14.3. The molecule has 0 aliphatic heterocycles. The molecule has 0 aromatic heterocycles. The summed E-state index contributed by atoms with van der Waals surface area (Å²) < 4.78 is 19.2. The van der Waals surface area contributed by atoms with Crippen LogP contribution in [0.15, 0.2) is 12.7 Å². The van der Waals surface area contributed by atoms with E-state index < -0.39 is 15.0 Å². The molecule has 0 bridgehead atoms. The van der Waals surface area contributed by atoms with Gasteiger partial charge in [0.15, 0.2) is 0 Å². The van der Waals surface area contributed by atoms with Gasteiger partial charge in [0.2, 0.25) is 0 Å². The largest absolute Gasteiger partial charge is 0.751 e. The molecule has 6 heteroatoms. The molecule has 5 nitrogen and oxygen atoms in total. The van der Waals surface area contributed by atoms with Crippen molar-refractivity contribution < 1.29 is 22.5 Å². The smallest absolute Gasteiger partial charge is 0.449 e. The second-order valence-corrected chi connectivity index (χ2v) is 5.23. The Bertz CT molecular complexity index is 190. The fourth-order valence-electron chi connectivity index (χ4n) is 0.540. The molecular formula is C9H18O5Si. The van der Waals surface area contributed by atoms with Crippen LogP contribution in [0.4, 0.5) is 0 Å². The van der Waals surface area contributed by atoms with Crippen molar-refractivity contribution in [1.82, 2.24) is 0 Å². The summed E-state index contributed by atoms with van der Waals surface area (Å²) in [7, 11) is 0.806. The van der Waals surface area contributed by atoms with Crippen LogP contribution >= 0.6 is 0 Å². The van der Waals surface area contributed by atoms with E-state index in [1.165, 1.54) is 40.6 Å². The zero-order valence-corrected chi connectivity index (χ0v) is 10.4. The molecule has 0 saturated heterocycles. The standard InChI is InChI=1S/C6H12O5Si.C3H6/c1-5-6(7)11-12(8-2,9-3)10-4;1-2-3-1/h5H,1H2,2-4H3;1-3H2. The Hall–Kier alpha value is -0.693. The highest BCUT2D eigenvalue weighted by atomic mass is 28.4. The van der Waals surface area contributed by atoms with Crippen LogP contribution in [0.25, 0.3) is 0 Å². The van der Waals surface area contributed by atoms with Crippen molar-refractivity contribution in [3.63, 3.8) is 0 Å². The van der Waals surface area contributed by atoms with Gasteiger partial charge >= 0.3 is 15.0 Å². The summed E-state index contributed by atoms with van der Waals surface area (Å²) >= 11 is 0. The average Bonchev–Trinajstić information content (AvgIpc) is 3.13. The van der Waals surface area contributed by atoms with Crippen molar-refractivity contribution in [2.75, 3.05) is 21.3 Å². The second-order valence-electron chi connectivity index (χ2n) is 2.80. The summed E-state index contributed by atoms with van der Waals surface area (Å²) in [6, 6.07) is 0. The first-order valence-corrected chi connectivity index (χ1v) is 6.28. The van der Waals surface area contributed by atoms with Crippen LogP contribution in [0, 0.1) is 0 Å². The molecule has 15 heavy (non-hydrogen) atoms. The van der Waals surface area contributed by atoms with Gasteiger partial charge in [-0.2, -0.15) is 0 Å². The van der Waals surface area contributed by atoms with Gasteiger partial charge in [-0.1, -0.05) is 25.8 Å². The third kappa shape index (κ3) is 6.40. The molecule has 0 radical (unpaired) electrons. The lowest BCUT2D eigenvalue weighted by Gasteiger charge is -2.21. The summed E-state index contributed by atoms with van der Waals surface area (Å²) in [5.41, 5.74) is 0. The molecule has 1 aliphatic rings. The molecule has 0 N–H and O–H groups in total. The third-order valence-electron chi connectivity index (χ3n) is 1.50. The molecular weight excluding hydrogens is 216 g/mol. The summed E-state index contributed by atoms with van der Waals surface area (Å²) in [6.45, 7) is 3.23. The lowest BCUT2D eigenvalue weighted by Crippen LogP contribution is -2.47. The molecule has 1 saturated carbocycles. The normalized spacial score (nSPS) is 13.5. The molecule has 0 aromatic rings. The van der Waals surface area contributed by atoms with E-state index in [0.29, 0.717) is 0 Å². The van der Waals surface area contributed by atoms with Gasteiger partial charge in [-0.3, -0.25) is 0 Å². The number of carbonyl (C=O) groups excluding carboxylic acids is 1. The van der Waals surface area contributed by atoms with Crippen molar-refractivity contribution in [2.24, 2.45) is 0 Å². The number of rotatable bonds is 5. The van der Waals surface area contributed by atoms with Crippen molar-refractivity contribution in [1.29, 1.82) is 0 Å². The van der Waals surface area contributed by atoms with Gasteiger partial charge in [0.1, 0.15) is 0 Å². The molecule has 0 heterocycles. The van der Waals surface area contributed by atoms with Crippen molar-refractivity contribution in [2.45, 2.75) is 19.3 Å². The Kier molecular flexibility index (Phi) is 7.23. The lowest BCUT2D eigenvalue weighted by molar-refractivity contribution is -0.137. The van der Waals surface area contributed by atoms with Gasteiger partial charge in [-0.25, -0.2) is 4.79 Å². The maximum Gasteiger partial charge on any atom is 0.751 e. The monoisotopic (exact) mass is 234 g/mol. The highest BCUT2D eigenvalue weighted by Gasteiger charge is 2.46. The van der Waals surface area contributed by atoms with E-state index in [1.807, 2.05) is 0 Å². The molecule has 0 unspecified atom stereocenters. The Morgan fingerprint density at radius 2 is 1.53 bits per heavy atom. The predicted octanol–water partition coefficient (Wildman–Crippen LogP) is 1.26. The van der Waals surface area contributed by atoms with Gasteiger partial charge in [0, 0.05) is 27.4 Å². The minimum atomic E-state index is -3.22. The molecule has 0 atom stereocenters. The summed E-state index contributed by atoms with van der Waals surface area (Å²) in [5, 5.41) is 0. The van der Waals surface area contributed by atoms with Gasteiger partial charge in [0.25, 0.3) is 0 Å². The molecule has 1 fully saturated rings. The molecule has 1 aliphatic carbocycles. The SMILES string of the molecule is C1CC1.C=CC(=O)O[Si](OC)(OC)OC. The minimum Gasteiger partial charge on any atom is -0.449 e.